The van der Waals surface area contributed by atoms with Crippen molar-refractivity contribution in [3.05, 3.63) is 22.4 Å². The molecule has 86 valence electrons. The first-order valence-electron chi connectivity index (χ1n) is 5.16. The molecule has 3 amide bonds. The first-order chi connectivity index (χ1) is 7.47. The van der Waals surface area contributed by atoms with Crippen molar-refractivity contribution in [1.82, 2.24) is 10.2 Å². The Kier molecular flexibility index (Phi) is 2.50. The highest BCUT2D eigenvalue weighted by Crippen LogP contribution is 2.32. The van der Waals surface area contributed by atoms with Crippen molar-refractivity contribution in [2.75, 3.05) is 0 Å². The van der Waals surface area contributed by atoms with Gasteiger partial charge in [-0.1, -0.05) is 6.07 Å². The predicted molar refractivity (Wildman–Crippen MR) is 62.2 cm³/mol. The monoisotopic (exact) mass is 238 g/mol. The third-order valence-electron chi connectivity index (χ3n) is 2.75. The fourth-order valence-corrected chi connectivity index (χ4v) is 2.69. The van der Waals surface area contributed by atoms with Crippen LogP contribution < -0.4 is 5.32 Å². The minimum atomic E-state index is -0.893. The lowest BCUT2D eigenvalue weighted by atomic mass is 10.0. The van der Waals surface area contributed by atoms with Gasteiger partial charge >= 0.3 is 6.03 Å². The summed E-state index contributed by atoms with van der Waals surface area (Å²) in [5.41, 5.74) is -0.893. The van der Waals surface area contributed by atoms with E-state index in [4.69, 9.17) is 0 Å². The molecule has 0 saturated carbocycles. The molecule has 1 aliphatic heterocycles. The Morgan fingerprint density at radius 2 is 2.12 bits per heavy atom. The van der Waals surface area contributed by atoms with Gasteiger partial charge in [0.15, 0.2) is 5.54 Å². The quantitative estimate of drug-likeness (QED) is 0.800. The molecule has 0 radical (unpaired) electrons. The van der Waals surface area contributed by atoms with Crippen LogP contribution >= 0.6 is 11.3 Å². The van der Waals surface area contributed by atoms with E-state index in [0.717, 1.165) is 4.88 Å². The maximum atomic E-state index is 12.2. The van der Waals surface area contributed by atoms with Crippen LogP contribution in [-0.4, -0.2) is 22.9 Å². The number of nitrogens with zero attached hydrogens (tertiary/aromatic N) is 1. The van der Waals surface area contributed by atoms with Crippen molar-refractivity contribution in [2.45, 2.75) is 32.4 Å². The van der Waals surface area contributed by atoms with Crippen LogP contribution in [0.1, 0.15) is 25.6 Å². The molecular weight excluding hydrogens is 224 g/mol. The van der Waals surface area contributed by atoms with Gasteiger partial charge in [-0.15, -0.1) is 11.3 Å². The molecule has 2 rings (SSSR count). The highest BCUT2D eigenvalue weighted by molar-refractivity contribution is 7.10. The lowest BCUT2D eigenvalue weighted by molar-refractivity contribution is -0.132. The molecule has 0 aromatic carbocycles. The van der Waals surface area contributed by atoms with E-state index in [9.17, 15) is 9.59 Å². The number of carbonyl (C=O) groups excluding carboxylic acids is 2. The SMILES string of the molecule is CC(C)N1C(=O)N[C@@](C)(c2cccs2)C1=O. The molecule has 1 atom stereocenters. The molecule has 0 spiro atoms. The van der Waals surface area contributed by atoms with Crippen molar-refractivity contribution >= 4 is 23.3 Å². The van der Waals surface area contributed by atoms with Crippen molar-refractivity contribution in [2.24, 2.45) is 0 Å². The molecule has 4 nitrogen and oxygen atoms in total. The van der Waals surface area contributed by atoms with Gasteiger partial charge < -0.3 is 5.32 Å². The molecule has 1 aromatic heterocycles. The van der Waals surface area contributed by atoms with Crippen molar-refractivity contribution in [3.8, 4) is 0 Å². The number of hydrogen-bond acceptors (Lipinski definition) is 3. The molecule has 1 aromatic rings. The maximum Gasteiger partial charge on any atom is 0.325 e. The summed E-state index contributed by atoms with van der Waals surface area (Å²) >= 11 is 1.48. The van der Waals surface area contributed by atoms with Gasteiger partial charge in [-0.3, -0.25) is 9.69 Å². The van der Waals surface area contributed by atoms with Crippen molar-refractivity contribution in [3.63, 3.8) is 0 Å². The first-order valence-corrected chi connectivity index (χ1v) is 6.04. The number of hydrogen-bond donors (Lipinski definition) is 1. The minimum Gasteiger partial charge on any atom is -0.319 e. The second-order valence-electron chi connectivity index (χ2n) is 4.30. The van der Waals surface area contributed by atoms with Gasteiger partial charge in [0.05, 0.1) is 0 Å². The third kappa shape index (κ3) is 1.43. The van der Waals surface area contributed by atoms with Gasteiger partial charge in [0, 0.05) is 10.9 Å². The summed E-state index contributed by atoms with van der Waals surface area (Å²) in [6.45, 7) is 5.41. The smallest absolute Gasteiger partial charge is 0.319 e. The molecule has 0 aliphatic carbocycles. The summed E-state index contributed by atoms with van der Waals surface area (Å²) in [6.07, 6.45) is 0. The Balaban J connectivity index is 2.40. The fourth-order valence-electron chi connectivity index (χ4n) is 1.86. The fraction of sp³-hybridized carbons (Fsp3) is 0.455. The normalized spacial score (nSPS) is 25.4. The van der Waals surface area contributed by atoms with Crippen LogP contribution in [0.5, 0.6) is 0 Å². The van der Waals surface area contributed by atoms with Crippen molar-refractivity contribution in [1.29, 1.82) is 0 Å². The van der Waals surface area contributed by atoms with Gasteiger partial charge in [0.1, 0.15) is 0 Å². The third-order valence-corrected chi connectivity index (χ3v) is 3.84. The zero-order valence-electron chi connectivity index (χ0n) is 9.48. The van der Waals surface area contributed by atoms with E-state index >= 15 is 0 Å². The zero-order chi connectivity index (χ0) is 11.9. The number of imide groups is 1. The highest BCUT2D eigenvalue weighted by Gasteiger charge is 2.50. The number of nitrogens with one attached hydrogen (secondary N) is 1. The second kappa shape index (κ2) is 3.59. The maximum absolute atomic E-state index is 12.2. The van der Waals surface area contributed by atoms with Crippen LogP contribution in [-0.2, 0) is 10.3 Å². The Hall–Kier alpha value is -1.36. The number of rotatable bonds is 2. The number of carbonyl (C=O) groups is 2. The number of amides is 3. The molecule has 16 heavy (non-hydrogen) atoms. The van der Waals surface area contributed by atoms with Gasteiger partial charge in [-0.25, -0.2) is 4.79 Å². The Labute approximate surface area is 98.3 Å². The molecule has 0 bridgehead atoms. The topological polar surface area (TPSA) is 49.4 Å². The summed E-state index contributed by atoms with van der Waals surface area (Å²) in [6, 6.07) is 3.32. The molecular formula is C11H14N2O2S. The Bertz CT molecular complexity index is 427. The van der Waals surface area contributed by atoms with E-state index in [1.54, 1.807) is 6.92 Å². The summed E-state index contributed by atoms with van der Waals surface area (Å²) < 4.78 is 0. The molecule has 1 aliphatic rings. The predicted octanol–water partition coefficient (Wildman–Crippen LogP) is 1.92. The minimum absolute atomic E-state index is 0.116. The molecule has 1 N–H and O–H groups in total. The highest BCUT2D eigenvalue weighted by atomic mass is 32.1. The summed E-state index contributed by atoms with van der Waals surface area (Å²) in [5.74, 6) is -0.171. The second-order valence-corrected chi connectivity index (χ2v) is 5.25. The van der Waals surface area contributed by atoms with Gasteiger partial charge in [0.25, 0.3) is 5.91 Å². The Morgan fingerprint density at radius 1 is 1.44 bits per heavy atom. The summed E-state index contributed by atoms with van der Waals surface area (Å²) in [7, 11) is 0. The van der Waals surface area contributed by atoms with E-state index in [-0.39, 0.29) is 18.0 Å². The number of urea groups is 1. The lowest BCUT2D eigenvalue weighted by Crippen LogP contribution is -2.41. The standard InChI is InChI=1S/C11H14N2O2S/c1-7(2)13-9(14)11(3,12-10(13)15)8-5-4-6-16-8/h4-7H,1-3H3,(H,12,15)/t11-/m0/s1. The van der Waals surface area contributed by atoms with Crippen LogP contribution in [0.25, 0.3) is 0 Å². The van der Waals surface area contributed by atoms with Crippen LogP contribution in [0.4, 0.5) is 4.79 Å². The zero-order valence-corrected chi connectivity index (χ0v) is 10.3. The van der Waals surface area contributed by atoms with Gasteiger partial charge in [-0.2, -0.15) is 0 Å². The Morgan fingerprint density at radius 3 is 2.56 bits per heavy atom. The summed E-state index contributed by atoms with van der Waals surface area (Å²) in [4.78, 5) is 26.1. The summed E-state index contributed by atoms with van der Waals surface area (Å²) in [5, 5.41) is 4.66. The van der Waals surface area contributed by atoms with E-state index in [1.807, 2.05) is 31.4 Å². The first kappa shape index (κ1) is 11.1. The molecule has 5 heteroatoms. The average molecular weight is 238 g/mol. The van der Waals surface area contributed by atoms with E-state index in [1.165, 1.54) is 16.2 Å². The van der Waals surface area contributed by atoms with Gasteiger partial charge in [0.2, 0.25) is 0 Å². The van der Waals surface area contributed by atoms with Crippen LogP contribution in [0.3, 0.4) is 0 Å². The van der Waals surface area contributed by atoms with E-state index < -0.39 is 5.54 Å². The average Bonchev–Trinajstić information content (AvgIpc) is 2.75. The van der Waals surface area contributed by atoms with Crippen LogP contribution in [0.2, 0.25) is 0 Å². The van der Waals surface area contributed by atoms with Gasteiger partial charge in [-0.05, 0) is 32.2 Å². The lowest BCUT2D eigenvalue weighted by Gasteiger charge is -2.21. The largest absolute Gasteiger partial charge is 0.325 e. The van der Waals surface area contributed by atoms with E-state index in [2.05, 4.69) is 5.32 Å². The molecule has 2 heterocycles. The molecule has 1 saturated heterocycles. The van der Waals surface area contributed by atoms with Crippen LogP contribution in [0, 0.1) is 0 Å². The molecule has 1 fully saturated rings. The number of thiophene rings is 1. The van der Waals surface area contributed by atoms with Crippen molar-refractivity contribution < 1.29 is 9.59 Å². The van der Waals surface area contributed by atoms with E-state index in [0.29, 0.717) is 0 Å². The van der Waals surface area contributed by atoms with Crippen LogP contribution in [0.15, 0.2) is 17.5 Å². The molecule has 0 unspecified atom stereocenters.